The third kappa shape index (κ3) is 6.74. The van der Waals surface area contributed by atoms with Crippen molar-refractivity contribution in [1.29, 1.82) is 0 Å². The monoisotopic (exact) mass is 586 g/mol. The molecule has 0 bridgehead atoms. The number of rotatable bonds is 13. The maximum absolute atomic E-state index is 11.7. The number of benzene rings is 3. The SMILES string of the molecule is CCCCN(CCCC)CC(O)c1cc(-c2cc(OC)c(OC)c(OC)c2)nc2c1cc(Cl)c1ccccc12.Cl. The van der Waals surface area contributed by atoms with Crippen LogP contribution < -0.4 is 14.2 Å². The lowest BCUT2D eigenvalue weighted by Crippen LogP contribution is -2.31. The zero-order valence-corrected chi connectivity index (χ0v) is 25.6. The Morgan fingerprint density at radius 3 is 2.00 bits per heavy atom. The average Bonchev–Trinajstić information content (AvgIpc) is 2.97. The van der Waals surface area contributed by atoms with Crippen molar-refractivity contribution in [3.05, 3.63) is 59.1 Å². The summed E-state index contributed by atoms with van der Waals surface area (Å²) in [6, 6.07) is 15.7. The minimum atomic E-state index is -0.720. The molecule has 8 heteroatoms. The second-order valence-corrected chi connectivity index (χ2v) is 10.2. The van der Waals surface area contributed by atoms with E-state index in [4.69, 9.17) is 30.8 Å². The average molecular weight is 588 g/mol. The lowest BCUT2D eigenvalue weighted by molar-refractivity contribution is 0.112. The highest BCUT2D eigenvalue weighted by Crippen LogP contribution is 2.42. The van der Waals surface area contributed by atoms with Crippen molar-refractivity contribution < 1.29 is 19.3 Å². The number of nitrogens with zero attached hydrogens (tertiary/aromatic N) is 2. The molecular weight excluding hydrogens is 547 g/mol. The smallest absolute Gasteiger partial charge is 0.203 e. The Morgan fingerprint density at radius 1 is 0.850 bits per heavy atom. The van der Waals surface area contributed by atoms with Gasteiger partial charge in [-0.1, -0.05) is 62.6 Å². The molecule has 0 aliphatic rings. The molecule has 6 nitrogen and oxygen atoms in total. The van der Waals surface area contributed by atoms with E-state index in [1.165, 1.54) is 0 Å². The third-order valence-corrected chi connectivity index (χ3v) is 7.52. The zero-order chi connectivity index (χ0) is 27.9. The van der Waals surface area contributed by atoms with Gasteiger partial charge in [-0.3, -0.25) is 0 Å². The molecule has 0 aliphatic carbocycles. The van der Waals surface area contributed by atoms with Crippen molar-refractivity contribution in [1.82, 2.24) is 9.88 Å². The summed E-state index contributed by atoms with van der Waals surface area (Å²) in [4.78, 5) is 7.47. The summed E-state index contributed by atoms with van der Waals surface area (Å²) in [6.45, 7) is 6.85. The molecule has 0 fully saturated rings. The number of pyridine rings is 1. The van der Waals surface area contributed by atoms with Crippen LogP contribution in [0, 0.1) is 0 Å². The molecular formula is C32H40Cl2N2O4. The van der Waals surface area contributed by atoms with Crippen LogP contribution in [0.5, 0.6) is 17.2 Å². The number of halogens is 2. The number of aliphatic hydroxyl groups excluding tert-OH is 1. The van der Waals surface area contributed by atoms with Crippen LogP contribution in [0.4, 0.5) is 0 Å². The summed E-state index contributed by atoms with van der Waals surface area (Å²) in [5.74, 6) is 1.61. The van der Waals surface area contributed by atoms with E-state index in [9.17, 15) is 5.11 Å². The molecule has 0 saturated heterocycles. The summed E-state index contributed by atoms with van der Waals surface area (Å²) in [7, 11) is 4.78. The van der Waals surface area contributed by atoms with E-state index in [1.54, 1.807) is 21.3 Å². The van der Waals surface area contributed by atoms with E-state index in [2.05, 4.69) is 18.7 Å². The van der Waals surface area contributed by atoms with Gasteiger partial charge in [-0.05, 0) is 55.8 Å². The number of hydrogen-bond donors (Lipinski definition) is 1. The third-order valence-electron chi connectivity index (χ3n) is 7.21. The summed E-state index contributed by atoms with van der Waals surface area (Å²) < 4.78 is 16.8. The summed E-state index contributed by atoms with van der Waals surface area (Å²) in [5.41, 5.74) is 3.10. The van der Waals surface area contributed by atoms with E-state index in [1.807, 2.05) is 48.5 Å². The van der Waals surface area contributed by atoms with Gasteiger partial charge in [-0.25, -0.2) is 4.98 Å². The maximum Gasteiger partial charge on any atom is 0.203 e. The molecule has 40 heavy (non-hydrogen) atoms. The highest BCUT2D eigenvalue weighted by Gasteiger charge is 2.22. The van der Waals surface area contributed by atoms with Crippen LogP contribution in [0.25, 0.3) is 32.9 Å². The van der Waals surface area contributed by atoms with E-state index in [-0.39, 0.29) is 12.4 Å². The number of aromatic nitrogens is 1. The van der Waals surface area contributed by atoms with Gasteiger partial charge in [0.25, 0.3) is 0 Å². The topological polar surface area (TPSA) is 64.1 Å². The van der Waals surface area contributed by atoms with E-state index >= 15 is 0 Å². The first-order chi connectivity index (χ1) is 18.9. The lowest BCUT2D eigenvalue weighted by atomic mass is 9.96. The molecule has 0 spiro atoms. The van der Waals surface area contributed by atoms with Crippen LogP contribution >= 0.6 is 24.0 Å². The molecule has 1 aromatic heterocycles. The molecule has 4 rings (SSSR count). The summed E-state index contributed by atoms with van der Waals surface area (Å²) >= 11 is 6.76. The van der Waals surface area contributed by atoms with Gasteiger partial charge in [0.05, 0.1) is 38.6 Å². The zero-order valence-electron chi connectivity index (χ0n) is 24.0. The van der Waals surface area contributed by atoms with Gasteiger partial charge in [0.2, 0.25) is 5.75 Å². The van der Waals surface area contributed by atoms with Gasteiger partial charge in [0.15, 0.2) is 11.5 Å². The molecule has 3 aromatic carbocycles. The van der Waals surface area contributed by atoms with Crippen LogP contribution in [-0.4, -0.2) is 56.0 Å². The first kappa shape index (κ1) is 31.8. The molecule has 1 unspecified atom stereocenters. The van der Waals surface area contributed by atoms with Crippen LogP contribution in [-0.2, 0) is 0 Å². The van der Waals surface area contributed by atoms with Crippen molar-refractivity contribution in [2.75, 3.05) is 41.0 Å². The lowest BCUT2D eigenvalue weighted by Gasteiger charge is -2.26. The first-order valence-corrected chi connectivity index (χ1v) is 14.1. The Balaban J connectivity index is 0.00000441. The van der Waals surface area contributed by atoms with E-state index < -0.39 is 6.10 Å². The molecule has 1 heterocycles. The summed E-state index contributed by atoms with van der Waals surface area (Å²) in [5, 5.41) is 15.1. The van der Waals surface area contributed by atoms with Crippen LogP contribution in [0.2, 0.25) is 5.02 Å². The van der Waals surface area contributed by atoms with Crippen LogP contribution in [0.3, 0.4) is 0 Å². The number of methoxy groups -OCH3 is 3. The number of fused-ring (bicyclic) bond motifs is 3. The molecule has 4 aromatic rings. The number of unbranched alkanes of at least 4 members (excludes halogenated alkanes) is 2. The largest absolute Gasteiger partial charge is 0.493 e. The molecule has 0 aliphatic heterocycles. The predicted octanol–water partition coefficient (Wildman–Crippen LogP) is 8.09. The van der Waals surface area contributed by atoms with Crippen LogP contribution in [0.15, 0.2) is 48.5 Å². The second kappa shape index (κ2) is 14.7. The molecule has 0 saturated carbocycles. The van der Waals surface area contributed by atoms with Crippen molar-refractivity contribution in [3.8, 4) is 28.5 Å². The van der Waals surface area contributed by atoms with Gasteiger partial charge in [-0.15, -0.1) is 12.4 Å². The highest BCUT2D eigenvalue weighted by atomic mass is 35.5. The normalized spacial score (nSPS) is 12.0. The number of hydrogen-bond acceptors (Lipinski definition) is 6. The Hall–Kier alpha value is -2.77. The van der Waals surface area contributed by atoms with E-state index in [0.29, 0.717) is 34.5 Å². The van der Waals surface area contributed by atoms with E-state index in [0.717, 1.165) is 71.6 Å². The Kier molecular flexibility index (Phi) is 11.7. The van der Waals surface area contributed by atoms with Crippen LogP contribution in [0.1, 0.15) is 51.2 Å². The van der Waals surface area contributed by atoms with Gasteiger partial charge in [0.1, 0.15) is 0 Å². The molecule has 0 amide bonds. The Labute approximate surface area is 248 Å². The highest BCUT2D eigenvalue weighted by molar-refractivity contribution is 6.37. The van der Waals surface area contributed by atoms with Crippen molar-refractivity contribution in [3.63, 3.8) is 0 Å². The number of ether oxygens (including phenoxy) is 3. The van der Waals surface area contributed by atoms with Crippen molar-refractivity contribution in [2.45, 2.75) is 45.6 Å². The molecule has 0 radical (unpaired) electrons. The quantitative estimate of drug-likeness (QED) is 0.160. The fraction of sp³-hybridized carbons (Fsp3) is 0.406. The standard InChI is InChI=1S/C32H39ClN2O4.ClH/c1-6-8-14-35(15-9-7-2)20-28(36)24-19-27(21-16-29(37-3)32(39-5)30(17-21)38-4)34-31-23-13-11-10-12-22(23)26(33)18-25(24)31;/h10-13,16-19,28,36H,6-9,14-15,20H2,1-5H3;1H. The first-order valence-electron chi connectivity index (χ1n) is 13.7. The van der Waals surface area contributed by atoms with Crippen molar-refractivity contribution in [2.24, 2.45) is 0 Å². The fourth-order valence-electron chi connectivity index (χ4n) is 5.09. The Bertz CT molecular complexity index is 1400. The number of aliphatic hydroxyl groups is 1. The molecule has 1 N–H and O–H groups in total. The predicted molar refractivity (Wildman–Crippen MR) is 168 cm³/mol. The van der Waals surface area contributed by atoms with Gasteiger partial charge < -0.3 is 24.2 Å². The Morgan fingerprint density at radius 2 is 1.45 bits per heavy atom. The minimum absolute atomic E-state index is 0. The maximum atomic E-state index is 11.7. The van der Waals surface area contributed by atoms with Gasteiger partial charge in [0, 0.05) is 33.3 Å². The van der Waals surface area contributed by atoms with Gasteiger partial charge >= 0.3 is 0 Å². The fourth-order valence-corrected chi connectivity index (χ4v) is 5.36. The van der Waals surface area contributed by atoms with Crippen molar-refractivity contribution >= 4 is 45.7 Å². The second-order valence-electron chi connectivity index (χ2n) is 9.83. The molecule has 1 atom stereocenters. The van der Waals surface area contributed by atoms with Gasteiger partial charge in [-0.2, -0.15) is 0 Å². The molecule has 216 valence electrons. The minimum Gasteiger partial charge on any atom is -0.493 e. The summed E-state index contributed by atoms with van der Waals surface area (Å²) in [6.07, 6.45) is 3.71.